The summed E-state index contributed by atoms with van der Waals surface area (Å²) in [6.45, 7) is 2.12. The number of hydrogen-bond donors (Lipinski definition) is 0. The van der Waals surface area contributed by atoms with E-state index in [0.29, 0.717) is 32.1 Å². The summed E-state index contributed by atoms with van der Waals surface area (Å²) in [6.07, 6.45) is 1.65. The zero-order valence-corrected chi connectivity index (χ0v) is 17.6. The third-order valence-corrected chi connectivity index (χ3v) is 5.56. The molecule has 3 aromatic carbocycles. The van der Waals surface area contributed by atoms with Crippen molar-refractivity contribution in [3.63, 3.8) is 0 Å². The minimum atomic E-state index is -0.185. The number of benzene rings is 3. The first-order chi connectivity index (χ1) is 13.9. The fourth-order valence-corrected chi connectivity index (χ4v) is 3.71. The molecule has 29 heavy (non-hydrogen) atoms. The predicted molar refractivity (Wildman–Crippen MR) is 116 cm³/mol. The molecule has 0 bridgehead atoms. The van der Waals surface area contributed by atoms with Crippen molar-refractivity contribution in [2.75, 3.05) is 0 Å². The Morgan fingerprint density at radius 2 is 1.79 bits per heavy atom. The smallest absolute Gasteiger partial charge is 0.231 e. The zero-order chi connectivity index (χ0) is 20.5. The van der Waals surface area contributed by atoms with Gasteiger partial charge in [-0.2, -0.15) is 0 Å². The van der Waals surface area contributed by atoms with Crippen molar-refractivity contribution in [3.05, 3.63) is 97.7 Å². The Hall–Kier alpha value is -2.46. The molecule has 1 heterocycles. The summed E-state index contributed by atoms with van der Waals surface area (Å²) in [7, 11) is 0. The molecule has 0 radical (unpaired) electrons. The van der Waals surface area contributed by atoms with Crippen LogP contribution in [0, 0.1) is 6.92 Å². The van der Waals surface area contributed by atoms with Crippen molar-refractivity contribution in [1.29, 1.82) is 0 Å². The van der Waals surface area contributed by atoms with Gasteiger partial charge in [-0.1, -0.05) is 59.1 Å². The molecule has 4 rings (SSSR count). The largest absolute Gasteiger partial charge is 0.488 e. The number of hydrogen-bond acceptors (Lipinski definition) is 3. The molecule has 0 amide bonds. The second kappa shape index (κ2) is 8.11. The number of ether oxygens (including phenoxy) is 2. The van der Waals surface area contributed by atoms with E-state index >= 15 is 0 Å². The molecule has 0 aliphatic carbocycles. The Kier molecular flexibility index (Phi) is 5.55. The van der Waals surface area contributed by atoms with Gasteiger partial charge in [-0.3, -0.25) is 4.79 Å². The van der Waals surface area contributed by atoms with E-state index in [2.05, 4.69) is 0 Å². The molecule has 3 aromatic rings. The van der Waals surface area contributed by atoms with Crippen LogP contribution in [0.15, 0.2) is 60.4 Å². The fraction of sp³-hybridized carbons (Fsp3) is 0.0870. The molecule has 146 valence electrons. The van der Waals surface area contributed by atoms with Gasteiger partial charge in [0, 0.05) is 26.2 Å². The topological polar surface area (TPSA) is 35.5 Å². The van der Waals surface area contributed by atoms with Gasteiger partial charge in [0.15, 0.2) is 5.76 Å². The quantitative estimate of drug-likeness (QED) is 0.400. The third kappa shape index (κ3) is 3.99. The molecular formula is C23H15Cl3O3. The summed E-state index contributed by atoms with van der Waals surface area (Å²) < 4.78 is 11.8. The van der Waals surface area contributed by atoms with E-state index < -0.39 is 0 Å². The second-order valence-electron chi connectivity index (χ2n) is 6.55. The van der Waals surface area contributed by atoms with Gasteiger partial charge in [0.1, 0.15) is 18.1 Å². The van der Waals surface area contributed by atoms with E-state index in [1.54, 1.807) is 36.4 Å². The molecule has 0 atom stereocenters. The van der Waals surface area contributed by atoms with E-state index in [-0.39, 0.29) is 18.1 Å². The van der Waals surface area contributed by atoms with Gasteiger partial charge < -0.3 is 9.47 Å². The number of rotatable bonds is 4. The first-order valence-corrected chi connectivity index (χ1v) is 9.96. The SMILES string of the molecule is Cc1c(OCc2ccc(Cl)cc2Cl)ccc2c1O/C(=C\c1ccccc1Cl)C2=O. The Morgan fingerprint density at radius 3 is 2.55 bits per heavy atom. The standard InChI is InChI=1S/C23H15Cl3O3/c1-13-20(28-12-15-6-7-16(24)11-19(15)26)9-8-17-22(27)21(29-23(13)17)10-14-4-2-3-5-18(14)25/h2-11H,12H2,1H3/b21-10-. The van der Waals surface area contributed by atoms with E-state index in [9.17, 15) is 4.79 Å². The van der Waals surface area contributed by atoms with Crippen LogP contribution >= 0.6 is 34.8 Å². The van der Waals surface area contributed by atoms with Crippen LogP contribution in [-0.4, -0.2) is 5.78 Å². The number of carbonyl (C=O) groups excluding carboxylic acids is 1. The van der Waals surface area contributed by atoms with Gasteiger partial charge in [-0.15, -0.1) is 0 Å². The highest BCUT2D eigenvalue weighted by Crippen LogP contribution is 2.40. The van der Waals surface area contributed by atoms with Crippen LogP contribution in [0.2, 0.25) is 15.1 Å². The van der Waals surface area contributed by atoms with Crippen LogP contribution in [-0.2, 0) is 6.61 Å². The van der Waals surface area contributed by atoms with Gasteiger partial charge in [0.2, 0.25) is 5.78 Å². The summed E-state index contributed by atoms with van der Waals surface area (Å²) in [5, 5.41) is 1.65. The summed E-state index contributed by atoms with van der Waals surface area (Å²) in [6, 6.07) is 16.0. The minimum absolute atomic E-state index is 0.185. The van der Waals surface area contributed by atoms with Gasteiger partial charge in [0.25, 0.3) is 0 Å². The predicted octanol–water partition coefficient (Wildman–Crippen LogP) is 7.15. The molecule has 0 N–H and O–H groups in total. The Labute approximate surface area is 183 Å². The summed E-state index contributed by atoms with van der Waals surface area (Å²) >= 11 is 18.3. The van der Waals surface area contributed by atoms with Gasteiger partial charge >= 0.3 is 0 Å². The van der Waals surface area contributed by atoms with Crippen LogP contribution in [0.25, 0.3) is 6.08 Å². The van der Waals surface area contributed by atoms with Crippen LogP contribution in [0.3, 0.4) is 0 Å². The van der Waals surface area contributed by atoms with Crippen molar-refractivity contribution in [3.8, 4) is 11.5 Å². The summed E-state index contributed by atoms with van der Waals surface area (Å²) in [4.78, 5) is 12.7. The molecule has 6 heteroatoms. The van der Waals surface area contributed by atoms with E-state index in [4.69, 9.17) is 44.3 Å². The van der Waals surface area contributed by atoms with Crippen molar-refractivity contribution in [2.45, 2.75) is 13.5 Å². The molecule has 3 nitrogen and oxygen atoms in total. The molecule has 0 saturated heterocycles. The van der Waals surface area contributed by atoms with Gasteiger partial charge in [-0.05, 0) is 48.9 Å². The highest BCUT2D eigenvalue weighted by atomic mass is 35.5. The third-order valence-electron chi connectivity index (χ3n) is 4.63. The normalized spacial score (nSPS) is 14.1. The molecule has 0 saturated carbocycles. The van der Waals surface area contributed by atoms with E-state index in [1.165, 1.54) is 0 Å². The summed E-state index contributed by atoms with van der Waals surface area (Å²) in [5.74, 6) is 1.15. The van der Waals surface area contributed by atoms with Gasteiger partial charge in [0.05, 0.1) is 5.56 Å². The lowest BCUT2D eigenvalue weighted by Gasteiger charge is -2.12. The fourth-order valence-electron chi connectivity index (χ4n) is 3.05. The molecule has 0 unspecified atom stereocenters. The lowest BCUT2D eigenvalue weighted by Crippen LogP contribution is -1.99. The monoisotopic (exact) mass is 444 g/mol. The molecule has 1 aliphatic heterocycles. The minimum Gasteiger partial charge on any atom is -0.488 e. The van der Waals surface area contributed by atoms with Crippen LogP contribution < -0.4 is 9.47 Å². The number of ketones is 1. The zero-order valence-electron chi connectivity index (χ0n) is 15.3. The van der Waals surface area contributed by atoms with Crippen molar-refractivity contribution >= 4 is 46.7 Å². The number of halogens is 3. The van der Waals surface area contributed by atoms with Crippen molar-refractivity contribution in [1.82, 2.24) is 0 Å². The first-order valence-electron chi connectivity index (χ1n) is 8.83. The number of Topliss-reactive ketones (excluding diaryl/α,β-unsaturated/α-hetero) is 1. The van der Waals surface area contributed by atoms with Crippen molar-refractivity contribution < 1.29 is 14.3 Å². The van der Waals surface area contributed by atoms with Crippen LogP contribution in [0.4, 0.5) is 0 Å². The Morgan fingerprint density at radius 1 is 1.00 bits per heavy atom. The second-order valence-corrected chi connectivity index (χ2v) is 7.80. The molecule has 0 spiro atoms. The maximum Gasteiger partial charge on any atom is 0.231 e. The van der Waals surface area contributed by atoms with Crippen molar-refractivity contribution in [2.24, 2.45) is 0 Å². The molecule has 1 aliphatic rings. The maximum atomic E-state index is 12.7. The lowest BCUT2D eigenvalue weighted by molar-refractivity contribution is 0.101. The molecular weight excluding hydrogens is 431 g/mol. The Bertz CT molecular complexity index is 1150. The molecule has 0 aromatic heterocycles. The van der Waals surface area contributed by atoms with Crippen LogP contribution in [0.1, 0.15) is 27.0 Å². The first kappa shape index (κ1) is 19.8. The highest BCUT2D eigenvalue weighted by molar-refractivity contribution is 6.35. The average Bonchev–Trinajstić information content (AvgIpc) is 3.01. The molecule has 0 fully saturated rings. The number of carbonyl (C=O) groups is 1. The number of allylic oxidation sites excluding steroid dienone is 1. The maximum absolute atomic E-state index is 12.7. The Balaban J connectivity index is 1.59. The highest BCUT2D eigenvalue weighted by Gasteiger charge is 2.30. The lowest BCUT2D eigenvalue weighted by atomic mass is 10.1. The van der Waals surface area contributed by atoms with Crippen LogP contribution in [0.5, 0.6) is 11.5 Å². The van der Waals surface area contributed by atoms with Gasteiger partial charge in [-0.25, -0.2) is 0 Å². The van der Waals surface area contributed by atoms with E-state index in [0.717, 1.165) is 16.7 Å². The van der Waals surface area contributed by atoms with E-state index in [1.807, 2.05) is 31.2 Å². The number of fused-ring (bicyclic) bond motifs is 1. The average molecular weight is 446 g/mol. The summed E-state index contributed by atoms with van der Waals surface area (Å²) in [5.41, 5.74) is 2.77.